The Balaban J connectivity index is 2.82. The third-order valence-corrected chi connectivity index (χ3v) is 0.887. The molecule has 0 N–H and O–H groups in total. The molecule has 3 nitrogen and oxygen atoms in total. The summed E-state index contributed by atoms with van der Waals surface area (Å²) >= 11 is -2.04. The molecule has 0 saturated carbocycles. The van der Waals surface area contributed by atoms with Crippen LogP contribution in [0.3, 0.4) is 0 Å². The Morgan fingerprint density at radius 1 is 1.75 bits per heavy atom. The maximum absolute atomic E-state index is 9.75. The summed E-state index contributed by atoms with van der Waals surface area (Å²) in [6.07, 6.45) is 0.858. The predicted molar refractivity (Wildman–Crippen MR) is 30.0 cm³/mol. The molecule has 0 spiro atoms. The average Bonchev–Trinajstić information content (AvgIpc) is 1.66. The van der Waals surface area contributed by atoms with Crippen molar-refractivity contribution in [1.29, 1.82) is 0 Å². The Bertz CT molecular complexity index is 73.7. The summed E-state index contributed by atoms with van der Waals surface area (Å²) in [4.78, 5) is 0. The van der Waals surface area contributed by atoms with E-state index in [1.54, 1.807) is 0 Å². The van der Waals surface area contributed by atoms with Crippen molar-refractivity contribution in [2.45, 2.75) is 13.3 Å². The fraction of sp³-hybridized carbons (Fsp3) is 1.00. The smallest absolute Gasteiger partial charge is 0.108 e. The molecule has 0 aromatic carbocycles. The van der Waals surface area contributed by atoms with Crippen LogP contribution in [0.1, 0.15) is 13.3 Å². The van der Waals surface area contributed by atoms with E-state index >= 15 is 0 Å². The van der Waals surface area contributed by atoms with Gasteiger partial charge in [-0.15, -0.1) is 0 Å². The minimum atomic E-state index is -2.04. The van der Waals surface area contributed by atoms with E-state index in [0.717, 1.165) is 6.42 Å². The van der Waals surface area contributed by atoms with Crippen molar-refractivity contribution in [2.24, 2.45) is 0 Å². The van der Waals surface area contributed by atoms with Crippen molar-refractivity contribution in [3.8, 4) is 0 Å². The highest BCUT2D eigenvalue weighted by Gasteiger charge is 1.81. The minimum absolute atomic E-state index is 0.173. The van der Waals surface area contributed by atoms with E-state index in [9.17, 15) is 8.76 Å². The van der Waals surface area contributed by atoms with E-state index in [2.05, 4.69) is 4.74 Å². The molecule has 0 saturated heterocycles. The van der Waals surface area contributed by atoms with E-state index in [4.69, 9.17) is 0 Å². The normalized spacial score (nSPS) is 13.8. The van der Waals surface area contributed by atoms with Crippen molar-refractivity contribution >= 4 is 11.1 Å². The van der Waals surface area contributed by atoms with E-state index < -0.39 is 11.1 Å². The van der Waals surface area contributed by atoms with Crippen molar-refractivity contribution in [1.82, 2.24) is 0 Å². The lowest BCUT2D eigenvalue weighted by Gasteiger charge is -2.03. The number of ether oxygens (including phenoxy) is 1. The predicted octanol–water partition coefficient (Wildman–Crippen LogP) is 0.250. The zero-order valence-electron chi connectivity index (χ0n) is 4.75. The highest BCUT2D eigenvalue weighted by molar-refractivity contribution is 7.78. The van der Waals surface area contributed by atoms with Crippen LogP contribution in [0, 0.1) is 0 Å². The van der Waals surface area contributed by atoms with Gasteiger partial charge in [0.25, 0.3) is 0 Å². The lowest BCUT2D eigenvalue weighted by molar-refractivity contribution is 0.175. The van der Waals surface area contributed by atoms with Crippen LogP contribution >= 0.6 is 0 Å². The second-order valence-corrected chi connectivity index (χ2v) is 2.17. The van der Waals surface area contributed by atoms with Crippen molar-refractivity contribution < 1.29 is 13.5 Å². The van der Waals surface area contributed by atoms with Gasteiger partial charge >= 0.3 is 0 Å². The SMILES string of the molecule is CCCOCS(=O)[O-]. The molecule has 0 amide bonds. The molecule has 0 rings (SSSR count). The van der Waals surface area contributed by atoms with Gasteiger partial charge in [-0.2, -0.15) is 0 Å². The molecule has 0 aliphatic carbocycles. The van der Waals surface area contributed by atoms with Crippen LogP contribution in [0.5, 0.6) is 0 Å². The second kappa shape index (κ2) is 5.21. The molecular weight excluding hydrogens is 128 g/mol. The summed E-state index contributed by atoms with van der Waals surface area (Å²) < 4.78 is 24.1. The van der Waals surface area contributed by atoms with E-state index in [1.807, 2.05) is 6.92 Å². The van der Waals surface area contributed by atoms with Gasteiger partial charge in [-0.25, -0.2) is 0 Å². The molecule has 0 aliphatic rings. The van der Waals surface area contributed by atoms with Crippen molar-refractivity contribution in [2.75, 3.05) is 12.5 Å². The first-order valence-corrected chi connectivity index (χ1v) is 3.65. The molecule has 0 radical (unpaired) electrons. The van der Waals surface area contributed by atoms with E-state index in [0.29, 0.717) is 6.61 Å². The van der Waals surface area contributed by atoms with Gasteiger partial charge in [-0.3, -0.25) is 4.21 Å². The lowest BCUT2D eigenvalue weighted by atomic mass is 10.5. The summed E-state index contributed by atoms with van der Waals surface area (Å²) in [5.41, 5.74) is 0. The molecule has 0 aliphatic heterocycles. The highest BCUT2D eigenvalue weighted by atomic mass is 32.2. The number of hydrogen-bond acceptors (Lipinski definition) is 3. The Kier molecular flexibility index (Phi) is 5.26. The van der Waals surface area contributed by atoms with Crippen LogP contribution in [0.4, 0.5) is 0 Å². The molecule has 0 heterocycles. The Labute approximate surface area is 51.3 Å². The van der Waals surface area contributed by atoms with Crippen LogP contribution < -0.4 is 0 Å². The third-order valence-electron chi connectivity index (χ3n) is 0.528. The maximum Gasteiger partial charge on any atom is 0.108 e. The van der Waals surface area contributed by atoms with Gasteiger partial charge in [0.1, 0.15) is 5.94 Å². The zero-order valence-corrected chi connectivity index (χ0v) is 5.57. The largest absolute Gasteiger partial charge is 0.771 e. The zero-order chi connectivity index (χ0) is 6.41. The van der Waals surface area contributed by atoms with Gasteiger partial charge < -0.3 is 9.29 Å². The van der Waals surface area contributed by atoms with Gasteiger partial charge in [0.15, 0.2) is 0 Å². The van der Waals surface area contributed by atoms with Gasteiger partial charge in [-0.1, -0.05) is 6.92 Å². The maximum atomic E-state index is 9.75. The fourth-order valence-electron chi connectivity index (χ4n) is 0.271. The lowest BCUT2D eigenvalue weighted by Crippen LogP contribution is -2.01. The molecular formula is C4H9O3S-. The minimum Gasteiger partial charge on any atom is -0.771 e. The van der Waals surface area contributed by atoms with Crippen molar-refractivity contribution in [3.63, 3.8) is 0 Å². The standard InChI is InChI=1S/C4H10O3S/c1-2-3-7-4-8(5)6/h2-4H2,1H3,(H,5,6)/p-1. The van der Waals surface area contributed by atoms with Gasteiger partial charge in [0.05, 0.1) is 0 Å². The molecule has 0 aromatic heterocycles. The van der Waals surface area contributed by atoms with Gasteiger partial charge in [0, 0.05) is 6.61 Å². The van der Waals surface area contributed by atoms with E-state index in [1.165, 1.54) is 0 Å². The molecule has 0 aromatic rings. The molecule has 4 heteroatoms. The molecule has 50 valence electrons. The van der Waals surface area contributed by atoms with Crippen LogP contribution in [-0.4, -0.2) is 21.3 Å². The second-order valence-electron chi connectivity index (χ2n) is 1.33. The average molecular weight is 137 g/mol. The number of rotatable bonds is 4. The first-order valence-electron chi connectivity index (χ1n) is 2.41. The van der Waals surface area contributed by atoms with Crippen LogP contribution in [0.15, 0.2) is 0 Å². The summed E-state index contributed by atoms with van der Waals surface area (Å²) in [5, 5.41) is 0. The first-order chi connectivity index (χ1) is 3.77. The summed E-state index contributed by atoms with van der Waals surface area (Å²) in [6, 6.07) is 0. The summed E-state index contributed by atoms with van der Waals surface area (Å²) in [5.74, 6) is -0.173. The Morgan fingerprint density at radius 3 is 2.75 bits per heavy atom. The Hall–Kier alpha value is 0.0700. The van der Waals surface area contributed by atoms with Crippen LogP contribution in [0.25, 0.3) is 0 Å². The molecule has 0 fully saturated rings. The first kappa shape index (κ1) is 8.07. The van der Waals surface area contributed by atoms with Crippen LogP contribution in [-0.2, 0) is 15.8 Å². The molecule has 1 atom stereocenters. The van der Waals surface area contributed by atoms with Crippen molar-refractivity contribution in [3.05, 3.63) is 0 Å². The van der Waals surface area contributed by atoms with Gasteiger partial charge in [-0.05, 0) is 17.5 Å². The van der Waals surface area contributed by atoms with E-state index in [-0.39, 0.29) is 5.94 Å². The quantitative estimate of drug-likeness (QED) is 0.412. The monoisotopic (exact) mass is 137 g/mol. The fourth-order valence-corrected chi connectivity index (χ4v) is 0.525. The summed E-state index contributed by atoms with van der Waals surface area (Å²) in [7, 11) is 0. The molecule has 0 bridgehead atoms. The molecule has 1 unspecified atom stereocenters. The summed E-state index contributed by atoms with van der Waals surface area (Å²) in [6.45, 7) is 2.45. The molecule has 8 heavy (non-hydrogen) atoms. The Morgan fingerprint density at radius 2 is 2.38 bits per heavy atom. The third kappa shape index (κ3) is 6.07. The van der Waals surface area contributed by atoms with Gasteiger partial charge in [0.2, 0.25) is 0 Å². The topological polar surface area (TPSA) is 49.4 Å². The number of hydrogen-bond donors (Lipinski definition) is 0. The highest BCUT2D eigenvalue weighted by Crippen LogP contribution is 1.80. The van der Waals surface area contributed by atoms with Crippen LogP contribution in [0.2, 0.25) is 0 Å².